The quantitative estimate of drug-likeness (QED) is 0.130. The molecule has 0 aliphatic heterocycles. The summed E-state index contributed by atoms with van der Waals surface area (Å²) in [6, 6.07) is 18.5. The highest BCUT2D eigenvalue weighted by Crippen LogP contribution is 2.34. The Labute approximate surface area is 236 Å². The molecule has 3 aromatic carbocycles. The number of hydrogen-bond donors (Lipinski definition) is 1. The first-order valence-corrected chi connectivity index (χ1v) is 13.0. The number of rotatable bonds is 7. The molecule has 7 nitrogen and oxygen atoms in total. The normalized spacial score (nSPS) is 10.9. The number of methoxy groups -OCH3 is 1. The Morgan fingerprint density at radius 3 is 2.77 bits per heavy atom. The molecule has 35 heavy (non-hydrogen) atoms. The number of halogens is 3. The van der Waals surface area contributed by atoms with E-state index in [9.17, 15) is 10.1 Å². The predicted octanol–water partition coefficient (Wildman–Crippen LogP) is 6.63. The minimum absolute atomic E-state index is 0.168. The van der Waals surface area contributed by atoms with Crippen LogP contribution in [0.25, 0.3) is 11.0 Å². The van der Waals surface area contributed by atoms with E-state index in [4.69, 9.17) is 13.9 Å². The summed E-state index contributed by atoms with van der Waals surface area (Å²) in [5, 5.41) is 14.2. The van der Waals surface area contributed by atoms with Gasteiger partial charge < -0.3 is 13.9 Å². The van der Waals surface area contributed by atoms with Crippen molar-refractivity contribution < 1.29 is 18.7 Å². The van der Waals surface area contributed by atoms with Gasteiger partial charge in [0.15, 0.2) is 17.3 Å². The molecule has 1 heterocycles. The number of carbonyl (C=O) groups is 1. The second-order valence-corrected chi connectivity index (χ2v) is 10.4. The standard InChI is InChI=1S/C25H16BrI2N3O4/c1-33-21-7-14(6-19(27)24(21)34-13-16-5-3-2-4-15(16)11-29)12-30-31-25(32)22-9-17-8-18(26)10-20(28)23(17)35-22/h2-10,12H,13H2,1H3,(H,31,32)/b30-12-. The van der Waals surface area contributed by atoms with Gasteiger partial charge in [-0.05, 0) is 87.1 Å². The maximum atomic E-state index is 12.5. The van der Waals surface area contributed by atoms with Gasteiger partial charge in [-0.15, -0.1) is 0 Å². The molecule has 1 N–H and O–H groups in total. The Hall–Kier alpha value is -2.63. The SMILES string of the molecule is COc1cc(/C=N\NC(=O)c2cc3cc(Br)cc(I)c3o2)cc(I)c1OCc1ccccc1C#N. The Bertz CT molecular complexity index is 1490. The van der Waals surface area contributed by atoms with E-state index < -0.39 is 5.91 Å². The number of furan rings is 1. The van der Waals surface area contributed by atoms with Crippen LogP contribution in [-0.2, 0) is 6.61 Å². The molecule has 0 saturated heterocycles. The maximum absolute atomic E-state index is 12.5. The van der Waals surface area contributed by atoms with Crippen LogP contribution in [0.3, 0.4) is 0 Å². The number of hydrazone groups is 1. The zero-order chi connectivity index (χ0) is 24.9. The molecular weight excluding hydrogens is 740 g/mol. The monoisotopic (exact) mass is 755 g/mol. The molecule has 1 aromatic heterocycles. The fourth-order valence-electron chi connectivity index (χ4n) is 3.27. The van der Waals surface area contributed by atoms with Crippen LogP contribution in [0.5, 0.6) is 11.5 Å². The average molecular weight is 756 g/mol. The molecule has 4 rings (SSSR count). The highest BCUT2D eigenvalue weighted by atomic mass is 127. The zero-order valence-electron chi connectivity index (χ0n) is 18.1. The molecule has 0 unspecified atom stereocenters. The van der Waals surface area contributed by atoms with Crippen molar-refractivity contribution >= 4 is 84.2 Å². The molecule has 0 atom stereocenters. The first kappa shape index (κ1) is 25.5. The van der Waals surface area contributed by atoms with E-state index >= 15 is 0 Å². The van der Waals surface area contributed by atoms with Gasteiger partial charge in [0.1, 0.15) is 12.2 Å². The summed E-state index contributed by atoms with van der Waals surface area (Å²) in [6.07, 6.45) is 1.51. The number of benzene rings is 3. The molecule has 10 heteroatoms. The van der Waals surface area contributed by atoms with Gasteiger partial charge in [-0.2, -0.15) is 10.4 Å². The van der Waals surface area contributed by atoms with Crippen molar-refractivity contribution in [1.29, 1.82) is 5.26 Å². The summed E-state index contributed by atoms with van der Waals surface area (Å²) < 4.78 is 19.8. The lowest BCUT2D eigenvalue weighted by molar-refractivity contribution is 0.0929. The third-order valence-electron chi connectivity index (χ3n) is 4.90. The van der Waals surface area contributed by atoms with E-state index in [2.05, 4.69) is 77.7 Å². The van der Waals surface area contributed by atoms with Gasteiger partial charge in [0.05, 0.1) is 32.1 Å². The van der Waals surface area contributed by atoms with Crippen molar-refractivity contribution in [3.8, 4) is 17.6 Å². The zero-order valence-corrected chi connectivity index (χ0v) is 24.0. The maximum Gasteiger partial charge on any atom is 0.307 e. The van der Waals surface area contributed by atoms with Gasteiger partial charge in [-0.1, -0.05) is 34.1 Å². The summed E-state index contributed by atoms with van der Waals surface area (Å²) in [4.78, 5) is 12.5. The third kappa shape index (κ3) is 5.96. The number of nitrogens with zero attached hydrogens (tertiary/aromatic N) is 2. The van der Waals surface area contributed by atoms with Crippen LogP contribution in [0.2, 0.25) is 0 Å². The molecule has 0 radical (unpaired) electrons. The largest absolute Gasteiger partial charge is 0.493 e. The Balaban J connectivity index is 1.47. The van der Waals surface area contributed by atoms with Gasteiger partial charge in [0.25, 0.3) is 0 Å². The summed E-state index contributed by atoms with van der Waals surface area (Å²) in [5.41, 5.74) is 5.20. The summed E-state index contributed by atoms with van der Waals surface area (Å²) in [7, 11) is 1.55. The van der Waals surface area contributed by atoms with E-state index in [-0.39, 0.29) is 12.4 Å². The smallest absolute Gasteiger partial charge is 0.307 e. The highest BCUT2D eigenvalue weighted by Gasteiger charge is 2.15. The number of fused-ring (bicyclic) bond motifs is 1. The van der Waals surface area contributed by atoms with Crippen molar-refractivity contribution in [3.05, 3.63) is 88.7 Å². The molecule has 0 saturated carbocycles. The molecule has 4 aromatic rings. The van der Waals surface area contributed by atoms with E-state index in [1.165, 1.54) is 6.21 Å². The molecule has 0 bridgehead atoms. The molecule has 0 aliphatic rings. The van der Waals surface area contributed by atoms with Crippen molar-refractivity contribution in [2.75, 3.05) is 7.11 Å². The van der Waals surface area contributed by atoms with Crippen molar-refractivity contribution in [3.63, 3.8) is 0 Å². The highest BCUT2D eigenvalue weighted by molar-refractivity contribution is 14.1. The third-order valence-corrected chi connectivity index (χ3v) is 6.96. The van der Waals surface area contributed by atoms with E-state index in [0.717, 1.165) is 22.6 Å². The lowest BCUT2D eigenvalue weighted by atomic mass is 10.1. The van der Waals surface area contributed by atoms with Crippen LogP contribution in [-0.4, -0.2) is 19.2 Å². The summed E-state index contributed by atoms with van der Waals surface area (Å²) in [5.74, 6) is 0.783. The van der Waals surface area contributed by atoms with Gasteiger partial charge >= 0.3 is 5.91 Å². The minimum atomic E-state index is -0.456. The van der Waals surface area contributed by atoms with Crippen LogP contribution in [0, 0.1) is 18.5 Å². The van der Waals surface area contributed by atoms with Gasteiger partial charge in [-0.3, -0.25) is 4.79 Å². The molecule has 0 spiro atoms. The molecule has 176 valence electrons. The van der Waals surface area contributed by atoms with Crippen LogP contribution < -0.4 is 14.9 Å². The second kappa shape index (κ2) is 11.4. The number of nitriles is 1. The van der Waals surface area contributed by atoms with Crippen molar-refractivity contribution in [2.24, 2.45) is 5.10 Å². The Morgan fingerprint density at radius 1 is 1.20 bits per heavy atom. The lowest BCUT2D eigenvalue weighted by Gasteiger charge is -2.14. The fraction of sp³-hybridized carbons (Fsp3) is 0.0800. The van der Waals surface area contributed by atoms with Crippen molar-refractivity contribution in [2.45, 2.75) is 6.61 Å². The Morgan fingerprint density at radius 2 is 2.00 bits per heavy atom. The van der Waals surface area contributed by atoms with Crippen LogP contribution >= 0.6 is 61.1 Å². The van der Waals surface area contributed by atoms with E-state index in [0.29, 0.717) is 28.2 Å². The van der Waals surface area contributed by atoms with Crippen molar-refractivity contribution in [1.82, 2.24) is 5.43 Å². The van der Waals surface area contributed by atoms with Gasteiger partial charge in [0.2, 0.25) is 0 Å². The first-order valence-electron chi connectivity index (χ1n) is 10.1. The number of nitrogens with one attached hydrogen (secondary N) is 1. The van der Waals surface area contributed by atoms with Gasteiger partial charge in [0, 0.05) is 15.4 Å². The number of amides is 1. The van der Waals surface area contributed by atoms with Crippen LogP contribution in [0.4, 0.5) is 0 Å². The Kier molecular flexibility index (Phi) is 8.30. The topological polar surface area (TPSA) is 96.8 Å². The molecule has 1 amide bonds. The van der Waals surface area contributed by atoms with Gasteiger partial charge in [-0.25, -0.2) is 5.43 Å². The van der Waals surface area contributed by atoms with Crippen LogP contribution in [0.15, 0.2) is 68.6 Å². The minimum Gasteiger partial charge on any atom is -0.493 e. The fourth-order valence-corrected chi connectivity index (χ4v) is 5.71. The first-order chi connectivity index (χ1) is 16.9. The number of carbonyl (C=O) groups excluding carboxylic acids is 1. The number of ether oxygens (including phenoxy) is 2. The lowest BCUT2D eigenvalue weighted by Crippen LogP contribution is -2.16. The summed E-state index contributed by atoms with van der Waals surface area (Å²) in [6.45, 7) is 0.229. The summed E-state index contributed by atoms with van der Waals surface area (Å²) >= 11 is 7.75. The molecule has 0 aliphatic carbocycles. The van der Waals surface area contributed by atoms with E-state index in [1.807, 2.05) is 36.4 Å². The molecular formula is C25H16BrI2N3O4. The van der Waals surface area contributed by atoms with E-state index in [1.54, 1.807) is 25.3 Å². The second-order valence-electron chi connectivity index (χ2n) is 7.21. The molecule has 0 fully saturated rings. The predicted molar refractivity (Wildman–Crippen MR) is 153 cm³/mol. The number of hydrogen-bond acceptors (Lipinski definition) is 6. The van der Waals surface area contributed by atoms with Crippen LogP contribution in [0.1, 0.15) is 27.2 Å². The average Bonchev–Trinajstić information content (AvgIpc) is 3.28.